The summed E-state index contributed by atoms with van der Waals surface area (Å²) in [4.78, 5) is 11.0. The van der Waals surface area contributed by atoms with Crippen LogP contribution in [0.1, 0.15) is 26.2 Å². The maximum atomic E-state index is 13.7. The molecule has 0 aliphatic heterocycles. The molecule has 1 atom stereocenters. The SMILES string of the molecule is C=C(C)C(=O)OC1(F)CCCC(F)(F)C1(F)F. The van der Waals surface area contributed by atoms with E-state index >= 15 is 0 Å². The Morgan fingerprint density at radius 1 is 1.18 bits per heavy atom. The summed E-state index contributed by atoms with van der Waals surface area (Å²) in [6, 6.07) is 0. The number of halogens is 5. The van der Waals surface area contributed by atoms with E-state index in [2.05, 4.69) is 11.3 Å². The van der Waals surface area contributed by atoms with Gasteiger partial charge in [-0.1, -0.05) is 6.58 Å². The van der Waals surface area contributed by atoms with Crippen molar-refractivity contribution in [1.29, 1.82) is 0 Å². The fraction of sp³-hybridized carbons (Fsp3) is 0.700. The van der Waals surface area contributed by atoms with E-state index < -0.39 is 42.9 Å². The van der Waals surface area contributed by atoms with Crippen LogP contribution in [0, 0.1) is 0 Å². The number of hydrogen-bond acceptors (Lipinski definition) is 2. The van der Waals surface area contributed by atoms with Gasteiger partial charge in [-0.05, 0) is 13.3 Å². The summed E-state index contributed by atoms with van der Waals surface area (Å²) in [5, 5.41) is 0. The van der Waals surface area contributed by atoms with Gasteiger partial charge in [0.25, 0.3) is 0 Å². The third-order valence-corrected chi connectivity index (χ3v) is 2.52. The molecule has 98 valence electrons. The van der Waals surface area contributed by atoms with Gasteiger partial charge in [-0.15, -0.1) is 0 Å². The molecule has 0 saturated heterocycles. The molecule has 0 heterocycles. The van der Waals surface area contributed by atoms with Crippen LogP contribution >= 0.6 is 0 Å². The lowest BCUT2D eigenvalue weighted by atomic mass is 9.88. The number of carbonyl (C=O) groups is 1. The van der Waals surface area contributed by atoms with Crippen molar-refractivity contribution in [2.45, 2.75) is 43.9 Å². The first-order valence-corrected chi connectivity index (χ1v) is 4.87. The van der Waals surface area contributed by atoms with Crippen molar-refractivity contribution in [1.82, 2.24) is 0 Å². The number of alkyl halides is 5. The third kappa shape index (κ3) is 2.14. The number of esters is 1. The minimum atomic E-state index is -5.04. The van der Waals surface area contributed by atoms with Crippen molar-refractivity contribution < 1.29 is 31.5 Å². The highest BCUT2D eigenvalue weighted by Crippen LogP contribution is 2.53. The molecule has 1 rings (SSSR count). The second-order valence-electron chi connectivity index (χ2n) is 4.03. The molecule has 1 aliphatic rings. The molecule has 0 aromatic heterocycles. The summed E-state index contributed by atoms with van der Waals surface area (Å²) < 4.78 is 69.9. The molecule has 0 spiro atoms. The van der Waals surface area contributed by atoms with E-state index in [1.54, 1.807) is 0 Å². The highest BCUT2D eigenvalue weighted by molar-refractivity contribution is 5.87. The minimum absolute atomic E-state index is 0.341. The van der Waals surface area contributed by atoms with Crippen molar-refractivity contribution in [3.8, 4) is 0 Å². The van der Waals surface area contributed by atoms with E-state index in [9.17, 15) is 26.7 Å². The zero-order chi connectivity index (χ0) is 13.5. The molecule has 0 aromatic rings. The van der Waals surface area contributed by atoms with Crippen molar-refractivity contribution in [2.24, 2.45) is 0 Å². The Morgan fingerprint density at radius 2 is 1.71 bits per heavy atom. The predicted molar refractivity (Wildman–Crippen MR) is 48.5 cm³/mol. The van der Waals surface area contributed by atoms with Gasteiger partial charge in [-0.3, -0.25) is 0 Å². The Morgan fingerprint density at radius 3 is 2.18 bits per heavy atom. The summed E-state index contributed by atoms with van der Waals surface area (Å²) in [7, 11) is 0. The molecular weight excluding hydrogens is 247 g/mol. The van der Waals surface area contributed by atoms with Crippen LogP contribution in [-0.2, 0) is 9.53 Å². The molecule has 0 amide bonds. The lowest BCUT2D eigenvalue weighted by Crippen LogP contribution is -2.61. The second-order valence-corrected chi connectivity index (χ2v) is 4.03. The quantitative estimate of drug-likeness (QED) is 0.432. The van der Waals surface area contributed by atoms with Gasteiger partial charge >= 0.3 is 23.7 Å². The summed E-state index contributed by atoms with van der Waals surface area (Å²) in [6.07, 6.45) is -2.60. The predicted octanol–water partition coefficient (Wildman–Crippen LogP) is 3.23. The topological polar surface area (TPSA) is 26.3 Å². The highest BCUT2D eigenvalue weighted by Gasteiger charge is 2.74. The van der Waals surface area contributed by atoms with Gasteiger partial charge in [0.15, 0.2) is 0 Å². The van der Waals surface area contributed by atoms with Gasteiger partial charge < -0.3 is 4.74 Å². The van der Waals surface area contributed by atoms with E-state index in [0.717, 1.165) is 6.92 Å². The van der Waals surface area contributed by atoms with Crippen LogP contribution in [0.25, 0.3) is 0 Å². The maximum absolute atomic E-state index is 13.7. The first-order chi connectivity index (χ1) is 7.53. The van der Waals surface area contributed by atoms with Crippen molar-refractivity contribution in [3.63, 3.8) is 0 Å². The molecule has 1 aliphatic carbocycles. The summed E-state index contributed by atoms with van der Waals surface area (Å²) in [6.45, 7) is 4.16. The largest absolute Gasteiger partial charge is 0.418 e. The summed E-state index contributed by atoms with van der Waals surface area (Å²) in [5.74, 6) is -15.0. The molecule has 0 N–H and O–H groups in total. The molecule has 17 heavy (non-hydrogen) atoms. The second kappa shape index (κ2) is 3.96. The Bertz CT molecular complexity index is 353. The first-order valence-electron chi connectivity index (χ1n) is 4.87. The zero-order valence-corrected chi connectivity index (χ0v) is 9.03. The highest BCUT2D eigenvalue weighted by atomic mass is 19.3. The summed E-state index contributed by atoms with van der Waals surface area (Å²) in [5.41, 5.74) is -0.341. The summed E-state index contributed by atoms with van der Waals surface area (Å²) >= 11 is 0. The van der Waals surface area contributed by atoms with Gasteiger partial charge in [0, 0.05) is 18.4 Å². The van der Waals surface area contributed by atoms with Crippen LogP contribution in [0.5, 0.6) is 0 Å². The molecule has 7 heteroatoms. The van der Waals surface area contributed by atoms with Crippen LogP contribution in [0.15, 0.2) is 12.2 Å². The van der Waals surface area contributed by atoms with Crippen LogP contribution in [0.3, 0.4) is 0 Å². The van der Waals surface area contributed by atoms with Gasteiger partial charge in [-0.2, -0.15) is 22.0 Å². The van der Waals surface area contributed by atoms with E-state index in [0.29, 0.717) is 0 Å². The molecule has 1 saturated carbocycles. The average Bonchev–Trinajstić information content (AvgIpc) is 2.14. The normalized spacial score (nSPS) is 30.7. The maximum Gasteiger partial charge on any atom is 0.378 e. The molecular formula is C10H11F5O2. The van der Waals surface area contributed by atoms with Crippen LogP contribution in [0.4, 0.5) is 22.0 Å². The molecule has 0 bridgehead atoms. The molecule has 2 nitrogen and oxygen atoms in total. The van der Waals surface area contributed by atoms with Crippen molar-refractivity contribution in [2.75, 3.05) is 0 Å². The first kappa shape index (κ1) is 13.9. The molecule has 0 radical (unpaired) electrons. The molecule has 0 aromatic carbocycles. The lowest BCUT2D eigenvalue weighted by molar-refractivity contribution is -0.354. The smallest absolute Gasteiger partial charge is 0.378 e. The molecule has 1 fully saturated rings. The van der Waals surface area contributed by atoms with E-state index in [1.165, 1.54) is 0 Å². The van der Waals surface area contributed by atoms with E-state index in [-0.39, 0.29) is 5.57 Å². The van der Waals surface area contributed by atoms with Gasteiger partial charge in [0.1, 0.15) is 0 Å². The van der Waals surface area contributed by atoms with E-state index in [1.807, 2.05) is 0 Å². The standard InChI is InChI=1S/C10H11F5O2/c1-6(2)7(16)17-9(13)5-3-4-8(11,12)10(9,14)15/h1,3-5H2,2H3. The number of rotatable bonds is 2. The number of carbonyl (C=O) groups excluding carboxylic acids is 1. The van der Waals surface area contributed by atoms with Crippen molar-refractivity contribution >= 4 is 5.97 Å². The van der Waals surface area contributed by atoms with E-state index in [4.69, 9.17) is 0 Å². The number of hydrogen-bond donors (Lipinski definition) is 0. The van der Waals surface area contributed by atoms with Crippen LogP contribution in [-0.4, -0.2) is 23.7 Å². The molecule has 1 unspecified atom stereocenters. The zero-order valence-electron chi connectivity index (χ0n) is 9.03. The third-order valence-electron chi connectivity index (χ3n) is 2.52. The minimum Gasteiger partial charge on any atom is -0.418 e. The lowest BCUT2D eigenvalue weighted by Gasteiger charge is -2.40. The van der Waals surface area contributed by atoms with Gasteiger partial charge in [0.05, 0.1) is 0 Å². The van der Waals surface area contributed by atoms with Crippen LogP contribution in [0.2, 0.25) is 0 Å². The average molecular weight is 258 g/mol. The van der Waals surface area contributed by atoms with Crippen LogP contribution < -0.4 is 0 Å². The Hall–Kier alpha value is -1.14. The number of ether oxygens (including phenoxy) is 1. The Labute approximate surface area is 94.4 Å². The Balaban J connectivity index is 3.01. The monoisotopic (exact) mass is 258 g/mol. The fourth-order valence-corrected chi connectivity index (χ4v) is 1.47. The van der Waals surface area contributed by atoms with Gasteiger partial charge in [-0.25, -0.2) is 4.79 Å². The Kier molecular flexibility index (Phi) is 3.24. The van der Waals surface area contributed by atoms with Crippen molar-refractivity contribution in [3.05, 3.63) is 12.2 Å². The fourth-order valence-electron chi connectivity index (χ4n) is 1.47. The van der Waals surface area contributed by atoms with Gasteiger partial charge in [0.2, 0.25) is 0 Å².